The Labute approximate surface area is 124 Å². The summed E-state index contributed by atoms with van der Waals surface area (Å²) in [5.74, 6) is 0.0879. The van der Waals surface area contributed by atoms with Crippen LogP contribution in [0, 0.1) is 27.7 Å². The van der Waals surface area contributed by atoms with Gasteiger partial charge in [0.05, 0.1) is 22.8 Å². The molecular weight excluding hydrogens is 272 g/mol. The van der Waals surface area contributed by atoms with E-state index < -0.39 is 0 Å². The smallest absolute Gasteiger partial charge is 0.169 e. The molecule has 0 aliphatic rings. The lowest BCUT2D eigenvalue weighted by atomic mass is 9.94. The number of halogens is 1. The SMILES string of the molecule is Cc1cc(C)c(C(=O)Cc2c(Cl)c(C)nn2C)c(C)c1. The molecule has 0 amide bonds. The van der Waals surface area contributed by atoms with Gasteiger partial charge in [0.15, 0.2) is 5.78 Å². The maximum absolute atomic E-state index is 12.6. The molecule has 1 aromatic heterocycles. The Morgan fingerprint density at radius 3 is 2.20 bits per heavy atom. The van der Waals surface area contributed by atoms with Crippen LogP contribution in [0.5, 0.6) is 0 Å². The zero-order chi connectivity index (χ0) is 15.0. The van der Waals surface area contributed by atoms with Crippen molar-refractivity contribution in [1.29, 1.82) is 0 Å². The lowest BCUT2D eigenvalue weighted by molar-refractivity contribution is 0.0989. The maximum Gasteiger partial charge on any atom is 0.169 e. The van der Waals surface area contributed by atoms with Crippen LogP contribution in [0.25, 0.3) is 0 Å². The molecule has 0 aliphatic heterocycles. The minimum Gasteiger partial charge on any atom is -0.294 e. The summed E-state index contributed by atoms with van der Waals surface area (Å²) in [6, 6.07) is 4.08. The van der Waals surface area contributed by atoms with E-state index in [2.05, 4.69) is 5.10 Å². The van der Waals surface area contributed by atoms with Gasteiger partial charge in [-0.05, 0) is 38.8 Å². The first-order valence-corrected chi connectivity index (χ1v) is 6.98. The molecule has 4 heteroatoms. The van der Waals surface area contributed by atoms with Gasteiger partial charge in [0.2, 0.25) is 0 Å². The summed E-state index contributed by atoms with van der Waals surface area (Å²) < 4.78 is 1.69. The fraction of sp³-hybridized carbons (Fsp3) is 0.375. The van der Waals surface area contributed by atoms with Crippen LogP contribution in [0.1, 0.15) is 38.4 Å². The van der Waals surface area contributed by atoms with Crippen LogP contribution in [-0.2, 0) is 13.5 Å². The topological polar surface area (TPSA) is 34.9 Å². The maximum atomic E-state index is 12.6. The summed E-state index contributed by atoms with van der Waals surface area (Å²) in [6.45, 7) is 7.83. The molecule has 0 fully saturated rings. The van der Waals surface area contributed by atoms with Gasteiger partial charge in [0, 0.05) is 12.6 Å². The monoisotopic (exact) mass is 290 g/mol. The van der Waals surface area contributed by atoms with Gasteiger partial charge in [0.1, 0.15) is 0 Å². The molecule has 0 unspecified atom stereocenters. The number of hydrogen-bond acceptors (Lipinski definition) is 2. The Kier molecular flexibility index (Phi) is 4.00. The van der Waals surface area contributed by atoms with Gasteiger partial charge in [-0.25, -0.2) is 0 Å². The molecule has 2 rings (SSSR count). The summed E-state index contributed by atoms with van der Waals surface area (Å²) in [5, 5.41) is 4.84. The van der Waals surface area contributed by atoms with Gasteiger partial charge in [-0.2, -0.15) is 5.10 Å². The molecule has 0 spiro atoms. The van der Waals surface area contributed by atoms with Gasteiger partial charge in [-0.15, -0.1) is 0 Å². The van der Waals surface area contributed by atoms with Crippen LogP contribution in [0.4, 0.5) is 0 Å². The number of rotatable bonds is 3. The molecule has 0 N–H and O–H groups in total. The highest BCUT2D eigenvalue weighted by atomic mass is 35.5. The third-order valence-corrected chi connectivity index (χ3v) is 4.04. The van der Waals surface area contributed by atoms with Gasteiger partial charge in [0.25, 0.3) is 0 Å². The number of aryl methyl sites for hydroxylation is 5. The molecule has 106 valence electrons. The normalized spacial score (nSPS) is 10.9. The second-order valence-electron chi connectivity index (χ2n) is 5.34. The predicted octanol–water partition coefficient (Wildman–Crippen LogP) is 3.73. The van der Waals surface area contributed by atoms with Crippen molar-refractivity contribution in [2.45, 2.75) is 34.1 Å². The molecule has 0 aliphatic carbocycles. The van der Waals surface area contributed by atoms with E-state index in [1.807, 2.05) is 46.9 Å². The van der Waals surface area contributed by atoms with Crippen molar-refractivity contribution in [3.05, 3.63) is 50.8 Å². The number of carbonyl (C=O) groups is 1. The third kappa shape index (κ3) is 2.63. The van der Waals surface area contributed by atoms with Gasteiger partial charge < -0.3 is 0 Å². The number of carbonyl (C=O) groups excluding carboxylic acids is 1. The number of ketones is 1. The first-order valence-electron chi connectivity index (χ1n) is 6.60. The van der Waals surface area contributed by atoms with Gasteiger partial charge >= 0.3 is 0 Å². The number of benzene rings is 1. The van der Waals surface area contributed by atoms with Crippen LogP contribution in [0.2, 0.25) is 5.02 Å². The summed E-state index contributed by atoms with van der Waals surface area (Å²) in [7, 11) is 1.82. The Bertz CT molecular complexity index is 663. The average Bonchev–Trinajstić information content (AvgIpc) is 2.54. The summed E-state index contributed by atoms with van der Waals surface area (Å²) in [4.78, 5) is 12.6. The Morgan fingerprint density at radius 2 is 1.75 bits per heavy atom. The third-order valence-electron chi connectivity index (χ3n) is 3.55. The standard InChI is InChI=1S/C16H19ClN2O/c1-9-6-10(2)15(11(3)7-9)14(20)8-13-16(17)12(4)18-19(13)5/h6-7H,8H2,1-5H3. The van der Waals surface area contributed by atoms with E-state index >= 15 is 0 Å². The van der Waals surface area contributed by atoms with Crippen molar-refractivity contribution < 1.29 is 4.79 Å². The lowest BCUT2D eigenvalue weighted by Gasteiger charge is -2.10. The second kappa shape index (κ2) is 5.41. The molecule has 0 radical (unpaired) electrons. The minimum absolute atomic E-state index is 0.0879. The highest BCUT2D eigenvalue weighted by Crippen LogP contribution is 2.23. The van der Waals surface area contributed by atoms with Crippen molar-refractivity contribution in [2.24, 2.45) is 7.05 Å². The van der Waals surface area contributed by atoms with E-state index in [1.54, 1.807) is 4.68 Å². The molecular formula is C16H19ClN2O. The number of Topliss-reactive ketones (excluding diaryl/α,β-unsaturated/α-hetero) is 1. The lowest BCUT2D eigenvalue weighted by Crippen LogP contribution is -2.11. The van der Waals surface area contributed by atoms with Crippen LogP contribution in [-0.4, -0.2) is 15.6 Å². The number of hydrogen-bond donors (Lipinski definition) is 0. The molecule has 2 aromatic rings. The molecule has 1 aromatic carbocycles. The summed E-state index contributed by atoms with van der Waals surface area (Å²) >= 11 is 6.21. The van der Waals surface area contributed by atoms with Crippen molar-refractivity contribution in [2.75, 3.05) is 0 Å². The van der Waals surface area contributed by atoms with Crippen molar-refractivity contribution in [3.63, 3.8) is 0 Å². The van der Waals surface area contributed by atoms with Crippen LogP contribution >= 0.6 is 11.6 Å². The molecule has 0 saturated heterocycles. The average molecular weight is 291 g/mol. The molecule has 3 nitrogen and oxygen atoms in total. The van der Waals surface area contributed by atoms with Gasteiger partial charge in [-0.3, -0.25) is 9.48 Å². The van der Waals surface area contributed by atoms with Crippen LogP contribution in [0.15, 0.2) is 12.1 Å². The summed E-state index contributed by atoms with van der Waals surface area (Å²) in [6.07, 6.45) is 0.279. The molecule has 20 heavy (non-hydrogen) atoms. The molecule has 1 heterocycles. The first-order chi connectivity index (χ1) is 9.31. The number of aromatic nitrogens is 2. The largest absolute Gasteiger partial charge is 0.294 e. The second-order valence-corrected chi connectivity index (χ2v) is 5.72. The zero-order valence-electron chi connectivity index (χ0n) is 12.5. The fourth-order valence-corrected chi connectivity index (χ4v) is 2.96. The van der Waals surface area contributed by atoms with Crippen molar-refractivity contribution in [3.8, 4) is 0 Å². The Hall–Kier alpha value is -1.61. The van der Waals surface area contributed by atoms with Crippen molar-refractivity contribution in [1.82, 2.24) is 9.78 Å². The van der Waals surface area contributed by atoms with E-state index in [1.165, 1.54) is 5.56 Å². The van der Waals surface area contributed by atoms with E-state index in [0.29, 0.717) is 5.02 Å². The molecule has 0 atom stereocenters. The first kappa shape index (κ1) is 14.8. The number of nitrogens with zero attached hydrogens (tertiary/aromatic N) is 2. The predicted molar refractivity (Wildman–Crippen MR) is 81.6 cm³/mol. The van der Waals surface area contributed by atoms with Crippen LogP contribution < -0.4 is 0 Å². The quantitative estimate of drug-likeness (QED) is 0.807. The fourth-order valence-electron chi connectivity index (χ4n) is 2.73. The Balaban J connectivity index is 2.38. The minimum atomic E-state index is 0.0879. The molecule has 0 saturated carbocycles. The Morgan fingerprint density at radius 1 is 1.20 bits per heavy atom. The van der Waals surface area contributed by atoms with E-state index in [4.69, 9.17) is 11.6 Å². The highest BCUT2D eigenvalue weighted by Gasteiger charge is 2.18. The summed E-state index contributed by atoms with van der Waals surface area (Å²) in [5.41, 5.74) is 5.53. The van der Waals surface area contributed by atoms with Gasteiger partial charge in [-0.1, -0.05) is 29.3 Å². The molecule has 0 bridgehead atoms. The van der Waals surface area contributed by atoms with Crippen LogP contribution in [0.3, 0.4) is 0 Å². The highest BCUT2D eigenvalue weighted by molar-refractivity contribution is 6.32. The zero-order valence-corrected chi connectivity index (χ0v) is 13.3. The van der Waals surface area contributed by atoms with E-state index in [-0.39, 0.29) is 12.2 Å². The van der Waals surface area contributed by atoms with E-state index in [0.717, 1.165) is 28.1 Å². The van der Waals surface area contributed by atoms with E-state index in [9.17, 15) is 4.79 Å². The van der Waals surface area contributed by atoms with Crippen molar-refractivity contribution >= 4 is 17.4 Å².